The summed E-state index contributed by atoms with van der Waals surface area (Å²) in [5, 5.41) is 15.6. The highest BCUT2D eigenvalue weighted by Crippen LogP contribution is 2.66. The van der Waals surface area contributed by atoms with E-state index >= 15 is 0 Å². The molecule has 4 saturated carbocycles. The van der Waals surface area contributed by atoms with Gasteiger partial charge in [0.05, 0.1) is 11.5 Å². The number of aliphatic hydroxyl groups is 1. The smallest absolute Gasteiger partial charge is 0.245 e. The Balaban J connectivity index is 1.13. The molecule has 49 heavy (non-hydrogen) atoms. The number of benzene rings is 2. The SMILES string of the molecule is CCN(C)CC12CC3CC(C1)CC(C(=O)N1CC(O)CC1C(=O)NC(Cc1c[nH]c4ccccc14)C(=O)N(C)Cc1ccccc1Cl)(C3)C2. The van der Waals surface area contributed by atoms with Crippen molar-refractivity contribution in [2.24, 2.45) is 22.7 Å². The van der Waals surface area contributed by atoms with Gasteiger partial charge in [-0.2, -0.15) is 0 Å². The Hall–Kier alpha value is -3.40. The number of nitrogens with zero attached hydrogens (tertiary/aromatic N) is 3. The van der Waals surface area contributed by atoms with Crippen LogP contribution in [-0.2, 0) is 27.3 Å². The van der Waals surface area contributed by atoms with Gasteiger partial charge in [0.25, 0.3) is 0 Å². The molecule has 5 fully saturated rings. The molecule has 3 amide bonds. The maximum atomic E-state index is 14.8. The predicted octanol–water partition coefficient (Wildman–Crippen LogP) is 5.01. The van der Waals surface area contributed by atoms with Crippen LogP contribution in [0.5, 0.6) is 0 Å². The van der Waals surface area contributed by atoms with E-state index < -0.39 is 23.6 Å². The summed E-state index contributed by atoms with van der Waals surface area (Å²) in [6.45, 7) is 4.58. The molecule has 8 rings (SSSR count). The van der Waals surface area contributed by atoms with Crippen LogP contribution in [0.2, 0.25) is 5.02 Å². The lowest BCUT2D eigenvalue weighted by Gasteiger charge is -2.62. The molecule has 1 aromatic heterocycles. The fourth-order valence-corrected chi connectivity index (χ4v) is 10.6. The third-order valence-electron chi connectivity index (χ3n) is 12.1. The molecule has 1 aliphatic heterocycles. The molecule has 0 spiro atoms. The predicted molar refractivity (Wildman–Crippen MR) is 191 cm³/mol. The number of nitrogens with one attached hydrogen (secondary N) is 2. The number of rotatable bonds is 11. The van der Waals surface area contributed by atoms with E-state index in [-0.39, 0.29) is 49.1 Å². The molecule has 4 bridgehead atoms. The topological polar surface area (TPSA) is 109 Å². The average molecular weight is 688 g/mol. The second kappa shape index (κ2) is 13.4. The molecule has 10 heteroatoms. The molecule has 3 N–H and O–H groups in total. The van der Waals surface area contributed by atoms with Crippen molar-refractivity contribution in [2.75, 3.05) is 33.7 Å². The van der Waals surface area contributed by atoms with Gasteiger partial charge in [0.15, 0.2) is 0 Å². The third-order valence-corrected chi connectivity index (χ3v) is 12.4. The Morgan fingerprint density at radius 3 is 2.47 bits per heavy atom. The molecule has 5 atom stereocenters. The Morgan fingerprint density at radius 1 is 1.02 bits per heavy atom. The normalized spacial score (nSPS) is 29.5. The number of para-hydroxylation sites is 1. The maximum absolute atomic E-state index is 14.8. The minimum absolute atomic E-state index is 0.0252. The summed E-state index contributed by atoms with van der Waals surface area (Å²) in [7, 11) is 3.89. The molecule has 4 aliphatic carbocycles. The van der Waals surface area contributed by atoms with Crippen molar-refractivity contribution in [1.29, 1.82) is 0 Å². The van der Waals surface area contributed by atoms with E-state index in [1.807, 2.05) is 48.7 Å². The number of halogens is 1. The zero-order chi connectivity index (χ0) is 34.5. The van der Waals surface area contributed by atoms with Crippen molar-refractivity contribution in [3.05, 3.63) is 70.9 Å². The summed E-state index contributed by atoms with van der Waals surface area (Å²) in [6, 6.07) is 13.6. The van der Waals surface area contributed by atoms with Crippen molar-refractivity contribution in [2.45, 2.75) is 83.0 Å². The Bertz CT molecular complexity index is 1710. The van der Waals surface area contributed by atoms with Crippen LogP contribution >= 0.6 is 11.6 Å². The van der Waals surface area contributed by atoms with Crippen LogP contribution < -0.4 is 5.32 Å². The van der Waals surface area contributed by atoms with Crippen LogP contribution in [0.1, 0.15) is 63.0 Å². The first kappa shape index (κ1) is 34.1. The highest BCUT2D eigenvalue weighted by molar-refractivity contribution is 6.31. The van der Waals surface area contributed by atoms with Crippen molar-refractivity contribution < 1.29 is 19.5 Å². The van der Waals surface area contributed by atoms with Gasteiger partial charge in [-0.15, -0.1) is 0 Å². The Morgan fingerprint density at radius 2 is 1.73 bits per heavy atom. The van der Waals surface area contributed by atoms with Gasteiger partial charge in [-0.05, 0) is 92.6 Å². The fraction of sp³-hybridized carbons (Fsp3) is 0.564. The van der Waals surface area contributed by atoms with Crippen molar-refractivity contribution in [3.63, 3.8) is 0 Å². The van der Waals surface area contributed by atoms with E-state index in [1.165, 1.54) is 19.3 Å². The first-order valence-corrected chi connectivity index (χ1v) is 18.4. The van der Waals surface area contributed by atoms with E-state index in [4.69, 9.17) is 11.6 Å². The van der Waals surface area contributed by atoms with E-state index in [9.17, 15) is 19.5 Å². The van der Waals surface area contributed by atoms with E-state index in [1.54, 1.807) is 22.9 Å². The van der Waals surface area contributed by atoms with Crippen LogP contribution in [-0.4, -0.2) is 94.4 Å². The number of likely N-dealkylation sites (tertiary alicyclic amines) is 1. The van der Waals surface area contributed by atoms with Crippen LogP contribution in [0.25, 0.3) is 10.9 Å². The average Bonchev–Trinajstić information content (AvgIpc) is 3.67. The van der Waals surface area contributed by atoms with Gasteiger partial charge < -0.3 is 30.1 Å². The van der Waals surface area contributed by atoms with Gasteiger partial charge in [0.1, 0.15) is 12.1 Å². The highest BCUT2D eigenvalue weighted by Gasteiger charge is 2.62. The monoisotopic (exact) mass is 687 g/mol. The molecule has 1 saturated heterocycles. The van der Waals surface area contributed by atoms with Crippen molar-refractivity contribution in [3.8, 4) is 0 Å². The molecule has 3 aromatic rings. The number of β-amino-alcohol motifs (C(OH)–C–C–N with tert-alkyl or cyclic N) is 1. The number of aromatic nitrogens is 1. The Labute approximate surface area is 294 Å². The molecular weight excluding hydrogens is 638 g/mol. The highest BCUT2D eigenvalue weighted by atomic mass is 35.5. The Kier molecular flexibility index (Phi) is 9.30. The lowest BCUT2D eigenvalue weighted by molar-refractivity contribution is -0.172. The van der Waals surface area contributed by atoms with Gasteiger partial charge in [-0.1, -0.05) is 54.9 Å². The van der Waals surface area contributed by atoms with Gasteiger partial charge in [-0.25, -0.2) is 0 Å². The second-order valence-corrected chi connectivity index (χ2v) is 16.3. The van der Waals surface area contributed by atoms with Gasteiger partial charge in [-0.3, -0.25) is 14.4 Å². The number of amides is 3. The van der Waals surface area contributed by atoms with Crippen LogP contribution in [0.15, 0.2) is 54.7 Å². The number of hydrogen-bond donors (Lipinski definition) is 3. The quantitative estimate of drug-likeness (QED) is 0.263. The molecule has 2 aromatic carbocycles. The van der Waals surface area contributed by atoms with Gasteiger partial charge in [0, 0.05) is 61.6 Å². The van der Waals surface area contributed by atoms with Crippen LogP contribution in [0.3, 0.4) is 0 Å². The van der Waals surface area contributed by atoms with Crippen molar-refractivity contribution in [1.82, 2.24) is 25.0 Å². The second-order valence-electron chi connectivity index (χ2n) is 15.8. The largest absolute Gasteiger partial charge is 0.391 e. The van der Waals surface area contributed by atoms with Crippen LogP contribution in [0.4, 0.5) is 0 Å². The van der Waals surface area contributed by atoms with Crippen LogP contribution in [0, 0.1) is 22.7 Å². The summed E-state index contributed by atoms with van der Waals surface area (Å²) in [5.74, 6) is 0.443. The number of carbonyl (C=O) groups excluding carboxylic acids is 3. The minimum atomic E-state index is -0.888. The number of likely N-dealkylation sites (N-methyl/N-ethyl adjacent to an activating group) is 1. The molecule has 5 unspecified atom stereocenters. The van der Waals surface area contributed by atoms with Gasteiger partial charge >= 0.3 is 0 Å². The number of H-pyrrole nitrogens is 1. The zero-order valence-electron chi connectivity index (χ0n) is 29.0. The first-order chi connectivity index (χ1) is 23.5. The van der Waals surface area contributed by atoms with Crippen molar-refractivity contribution >= 4 is 40.2 Å². The molecule has 9 nitrogen and oxygen atoms in total. The molecule has 5 aliphatic rings. The number of carbonyl (C=O) groups is 3. The van der Waals surface area contributed by atoms with Gasteiger partial charge in [0.2, 0.25) is 17.7 Å². The molecule has 262 valence electrons. The van der Waals surface area contributed by atoms with E-state index in [0.29, 0.717) is 16.9 Å². The zero-order valence-corrected chi connectivity index (χ0v) is 29.7. The number of fused-ring (bicyclic) bond motifs is 1. The summed E-state index contributed by atoms with van der Waals surface area (Å²) < 4.78 is 0. The fourth-order valence-electron chi connectivity index (χ4n) is 10.4. The standard InChI is InChI=1S/C39H50ClN5O4/c1-4-43(2)24-38-16-25-13-26(17-38)19-39(18-25,23-38)37(49)45-22-29(46)15-34(45)35(47)42-33(14-28-20-41-32-12-8-6-10-30(28)32)36(48)44(3)21-27-9-5-7-11-31(27)40/h5-12,20,25-26,29,33-34,41,46H,4,13-19,21-24H2,1-3H3,(H,42,47). The first-order valence-electron chi connectivity index (χ1n) is 18.0. The lowest BCUT2D eigenvalue weighted by Crippen LogP contribution is -2.62. The maximum Gasteiger partial charge on any atom is 0.245 e. The molecular formula is C39H50ClN5O4. The third kappa shape index (κ3) is 6.62. The summed E-state index contributed by atoms with van der Waals surface area (Å²) in [6.07, 6.45) is 7.66. The lowest BCUT2D eigenvalue weighted by atomic mass is 9.43. The number of hydrogen-bond acceptors (Lipinski definition) is 5. The molecule has 2 heterocycles. The van der Waals surface area contributed by atoms with E-state index in [0.717, 1.165) is 54.4 Å². The molecule has 0 radical (unpaired) electrons. The summed E-state index contributed by atoms with van der Waals surface area (Å²) in [4.78, 5) is 52.1. The minimum Gasteiger partial charge on any atom is -0.391 e. The number of aromatic amines is 1. The number of aliphatic hydroxyl groups excluding tert-OH is 1. The summed E-state index contributed by atoms with van der Waals surface area (Å²) >= 11 is 6.44. The van der Waals surface area contributed by atoms with E-state index in [2.05, 4.69) is 29.2 Å². The summed E-state index contributed by atoms with van der Waals surface area (Å²) in [5.41, 5.74) is 2.31.